The molecule has 0 aliphatic rings. The van der Waals surface area contributed by atoms with Crippen molar-refractivity contribution < 1.29 is 14.7 Å². The van der Waals surface area contributed by atoms with Crippen LogP contribution < -0.4 is 10.2 Å². The van der Waals surface area contributed by atoms with Crippen molar-refractivity contribution in [3.8, 4) is 5.75 Å². The third kappa shape index (κ3) is 3.21. The van der Waals surface area contributed by atoms with Crippen LogP contribution in [0.2, 0.25) is 0 Å². The molecule has 2 aromatic carbocycles. The number of amides is 1. The number of rotatable bonds is 5. The smallest absolute Gasteiger partial charge is 0.263 e. The van der Waals surface area contributed by atoms with Gasteiger partial charge in [0.05, 0.1) is 7.11 Å². The molecule has 0 bridgehead atoms. The molecule has 0 radical (unpaired) electrons. The molecule has 26 heavy (non-hydrogen) atoms. The fraction of sp³-hybridized carbons (Fsp3) is 0.190. The van der Waals surface area contributed by atoms with E-state index in [0.29, 0.717) is 0 Å². The summed E-state index contributed by atoms with van der Waals surface area (Å²) in [6.45, 7) is 8.42. The number of hydrogen-bond donors (Lipinski definition) is 2. The quantitative estimate of drug-likeness (QED) is 0.543. The van der Waals surface area contributed by atoms with Gasteiger partial charge in [-0.25, -0.2) is 5.48 Å². The summed E-state index contributed by atoms with van der Waals surface area (Å²) < 4.78 is 7.26. The Hall–Kier alpha value is -3.05. The monoisotopic (exact) mass is 350 g/mol. The molecule has 0 spiro atoms. The van der Waals surface area contributed by atoms with Gasteiger partial charge in [0.15, 0.2) is 0 Å². The van der Waals surface area contributed by atoms with Gasteiger partial charge < -0.3 is 9.30 Å². The van der Waals surface area contributed by atoms with Crippen molar-refractivity contribution in [3.05, 3.63) is 71.4 Å². The summed E-state index contributed by atoms with van der Waals surface area (Å²) in [5.74, 6) is 0.390. The van der Waals surface area contributed by atoms with Crippen LogP contribution in [-0.2, 0) is 11.3 Å². The number of hydroxylamine groups is 1. The van der Waals surface area contributed by atoms with Crippen LogP contribution in [0.5, 0.6) is 5.75 Å². The summed E-state index contributed by atoms with van der Waals surface area (Å²) in [5, 5.41) is 9.70. The number of nitrogens with zero attached hydrogens (tertiary/aromatic N) is 1. The van der Waals surface area contributed by atoms with Gasteiger partial charge >= 0.3 is 0 Å². The Morgan fingerprint density at radius 2 is 1.96 bits per heavy atom. The van der Waals surface area contributed by atoms with Gasteiger partial charge in [0.25, 0.3) is 5.91 Å². The van der Waals surface area contributed by atoms with E-state index in [1.165, 1.54) is 0 Å². The number of benzene rings is 2. The summed E-state index contributed by atoms with van der Waals surface area (Å²) in [7, 11) is 1.67. The van der Waals surface area contributed by atoms with Gasteiger partial charge in [-0.05, 0) is 65.9 Å². The van der Waals surface area contributed by atoms with Crippen LogP contribution in [0.3, 0.4) is 0 Å². The third-order valence-corrected chi connectivity index (χ3v) is 4.75. The number of nitrogens with one attached hydrogen (secondary N) is 1. The maximum Gasteiger partial charge on any atom is 0.263 e. The normalized spacial score (nSPS) is 10.8. The number of aryl methyl sites for hydroxylation is 1. The number of carbonyl (C=O) groups is 1. The maximum absolute atomic E-state index is 11.4. The molecule has 1 aromatic heterocycles. The molecule has 0 saturated carbocycles. The minimum absolute atomic E-state index is 0.0641. The van der Waals surface area contributed by atoms with E-state index in [2.05, 4.69) is 19.6 Å². The minimum Gasteiger partial charge on any atom is -0.496 e. The Kier molecular flexibility index (Phi) is 4.82. The summed E-state index contributed by atoms with van der Waals surface area (Å²) in [6, 6.07) is 12.1. The van der Waals surface area contributed by atoms with Crippen LogP contribution in [0.15, 0.2) is 49.2 Å². The summed E-state index contributed by atoms with van der Waals surface area (Å²) in [4.78, 5) is 11.4. The third-order valence-electron chi connectivity index (χ3n) is 4.75. The molecule has 0 aliphatic heterocycles. The number of hydrogen-bond acceptors (Lipinski definition) is 3. The van der Waals surface area contributed by atoms with Crippen LogP contribution in [0.25, 0.3) is 16.5 Å². The number of carbonyl (C=O) groups excluding carboxylic acids is 1. The lowest BCUT2D eigenvalue weighted by molar-refractivity contribution is -0.129. The number of aromatic nitrogens is 1. The van der Waals surface area contributed by atoms with E-state index in [4.69, 9.17) is 9.94 Å². The molecule has 5 heteroatoms. The Balaban J connectivity index is 1.97. The van der Waals surface area contributed by atoms with Crippen molar-refractivity contribution >= 4 is 22.4 Å². The predicted octanol–water partition coefficient (Wildman–Crippen LogP) is 3.83. The van der Waals surface area contributed by atoms with Crippen molar-refractivity contribution in [2.45, 2.75) is 20.4 Å². The molecule has 5 nitrogen and oxygen atoms in total. The molecule has 0 saturated heterocycles. The van der Waals surface area contributed by atoms with Gasteiger partial charge in [-0.3, -0.25) is 10.0 Å². The zero-order chi connectivity index (χ0) is 18.8. The van der Waals surface area contributed by atoms with Gasteiger partial charge in [0.1, 0.15) is 12.3 Å². The molecular formula is C21H22N2O3. The average Bonchev–Trinajstić information content (AvgIpc) is 3.05. The number of fused-ring (bicyclic) bond motifs is 1. The second kappa shape index (κ2) is 7.06. The van der Waals surface area contributed by atoms with E-state index in [-0.39, 0.29) is 6.54 Å². The second-order valence-corrected chi connectivity index (χ2v) is 6.35. The SMILES string of the molecule is C=C(c1cc(C)c(C)c(OC)c1)c1ccc2c(ccn2CC(=O)NO)c1. The lowest BCUT2D eigenvalue weighted by Crippen LogP contribution is -2.23. The molecule has 0 aliphatic carbocycles. The van der Waals surface area contributed by atoms with Gasteiger partial charge in [0.2, 0.25) is 0 Å². The summed E-state index contributed by atoms with van der Waals surface area (Å²) >= 11 is 0. The standard InChI is InChI=1S/C21H22N2O3/c1-13-9-18(11-20(26-4)14(13)2)15(3)16-5-6-19-17(10-16)7-8-23(19)12-21(24)22-25/h5-11,25H,3,12H2,1-2,4H3,(H,22,24). The maximum atomic E-state index is 11.4. The highest BCUT2D eigenvalue weighted by atomic mass is 16.5. The van der Waals surface area contributed by atoms with E-state index >= 15 is 0 Å². The van der Waals surface area contributed by atoms with E-state index in [1.54, 1.807) is 17.2 Å². The zero-order valence-electron chi connectivity index (χ0n) is 15.2. The van der Waals surface area contributed by atoms with Gasteiger partial charge in [0, 0.05) is 17.1 Å². The molecular weight excluding hydrogens is 328 g/mol. The molecule has 3 aromatic rings. The first kappa shape index (κ1) is 17.8. The first-order valence-electron chi connectivity index (χ1n) is 8.31. The number of ether oxygens (including phenoxy) is 1. The summed E-state index contributed by atoms with van der Waals surface area (Å²) in [5.41, 5.74) is 7.79. The van der Waals surface area contributed by atoms with Crippen LogP contribution >= 0.6 is 0 Å². The van der Waals surface area contributed by atoms with Crippen molar-refractivity contribution in [2.24, 2.45) is 0 Å². The molecule has 2 N–H and O–H groups in total. The molecule has 1 amide bonds. The van der Waals surface area contributed by atoms with Gasteiger partial charge in [-0.2, -0.15) is 0 Å². The van der Waals surface area contributed by atoms with Crippen LogP contribution in [0.4, 0.5) is 0 Å². The summed E-state index contributed by atoms with van der Waals surface area (Å²) in [6.07, 6.45) is 1.82. The molecule has 0 atom stereocenters. The highest BCUT2D eigenvalue weighted by Gasteiger charge is 2.11. The van der Waals surface area contributed by atoms with Crippen LogP contribution in [0, 0.1) is 13.8 Å². The van der Waals surface area contributed by atoms with Gasteiger partial charge in [-0.1, -0.05) is 18.7 Å². The Bertz CT molecular complexity index is 1000. The predicted molar refractivity (Wildman–Crippen MR) is 102 cm³/mol. The van der Waals surface area contributed by atoms with E-state index in [0.717, 1.165) is 44.5 Å². The topological polar surface area (TPSA) is 63.5 Å². The second-order valence-electron chi connectivity index (χ2n) is 6.35. The van der Waals surface area contributed by atoms with E-state index in [9.17, 15) is 4.79 Å². The minimum atomic E-state index is -0.460. The van der Waals surface area contributed by atoms with Crippen molar-refractivity contribution in [1.82, 2.24) is 10.0 Å². The largest absolute Gasteiger partial charge is 0.496 e. The lowest BCUT2D eigenvalue weighted by Gasteiger charge is -2.13. The molecule has 0 unspecified atom stereocenters. The number of methoxy groups -OCH3 is 1. The highest BCUT2D eigenvalue weighted by Crippen LogP contribution is 2.31. The van der Waals surface area contributed by atoms with Crippen molar-refractivity contribution in [2.75, 3.05) is 7.11 Å². The van der Waals surface area contributed by atoms with E-state index in [1.807, 2.05) is 43.5 Å². The lowest BCUT2D eigenvalue weighted by atomic mass is 9.95. The zero-order valence-corrected chi connectivity index (χ0v) is 15.2. The van der Waals surface area contributed by atoms with Crippen LogP contribution in [-0.4, -0.2) is 22.8 Å². The van der Waals surface area contributed by atoms with E-state index < -0.39 is 5.91 Å². The first-order chi connectivity index (χ1) is 12.4. The average molecular weight is 350 g/mol. The fourth-order valence-electron chi connectivity index (χ4n) is 3.10. The Morgan fingerprint density at radius 1 is 1.19 bits per heavy atom. The molecule has 134 valence electrons. The van der Waals surface area contributed by atoms with Crippen LogP contribution in [0.1, 0.15) is 22.3 Å². The van der Waals surface area contributed by atoms with Crippen molar-refractivity contribution in [3.63, 3.8) is 0 Å². The highest BCUT2D eigenvalue weighted by molar-refractivity contribution is 5.89. The van der Waals surface area contributed by atoms with Crippen molar-refractivity contribution in [1.29, 1.82) is 0 Å². The van der Waals surface area contributed by atoms with Gasteiger partial charge in [-0.15, -0.1) is 0 Å². The Morgan fingerprint density at radius 3 is 2.65 bits per heavy atom. The fourth-order valence-corrected chi connectivity index (χ4v) is 3.10. The molecule has 1 heterocycles. The first-order valence-corrected chi connectivity index (χ1v) is 8.31. The molecule has 3 rings (SSSR count). The Labute approximate surface area is 152 Å². The molecule has 0 fully saturated rings.